The highest BCUT2D eigenvalue weighted by molar-refractivity contribution is 7.09. The molecular formula is C17H22N2O2S. The molecule has 0 radical (unpaired) electrons. The molecule has 1 aromatic heterocycles. The van der Waals surface area contributed by atoms with Crippen molar-refractivity contribution in [3.8, 4) is 11.5 Å². The van der Waals surface area contributed by atoms with Crippen LogP contribution in [-0.4, -0.2) is 24.7 Å². The lowest BCUT2D eigenvalue weighted by Crippen LogP contribution is -2.21. The van der Waals surface area contributed by atoms with E-state index in [1.165, 1.54) is 11.3 Å². The van der Waals surface area contributed by atoms with Crippen LogP contribution in [0.2, 0.25) is 0 Å². The first-order valence-electron chi connectivity index (χ1n) is 7.76. The van der Waals surface area contributed by atoms with Crippen LogP contribution < -0.4 is 14.8 Å². The van der Waals surface area contributed by atoms with Crippen LogP contribution in [0.1, 0.15) is 35.7 Å². The van der Waals surface area contributed by atoms with Crippen molar-refractivity contribution in [2.75, 3.05) is 19.8 Å². The van der Waals surface area contributed by atoms with Crippen LogP contribution in [0.3, 0.4) is 0 Å². The van der Waals surface area contributed by atoms with Gasteiger partial charge in [-0.3, -0.25) is 0 Å². The molecular weight excluding hydrogens is 296 g/mol. The van der Waals surface area contributed by atoms with E-state index in [0.717, 1.165) is 49.1 Å². The summed E-state index contributed by atoms with van der Waals surface area (Å²) in [5.74, 6) is 1.71. The van der Waals surface area contributed by atoms with Crippen molar-refractivity contribution < 1.29 is 9.47 Å². The van der Waals surface area contributed by atoms with Crippen LogP contribution in [0, 0.1) is 6.92 Å². The Balaban J connectivity index is 1.57. The molecule has 4 nitrogen and oxygen atoms in total. The third kappa shape index (κ3) is 3.78. The van der Waals surface area contributed by atoms with Crippen LogP contribution in [-0.2, 0) is 6.42 Å². The highest BCUT2D eigenvalue weighted by atomic mass is 32.1. The van der Waals surface area contributed by atoms with Gasteiger partial charge in [-0.25, -0.2) is 4.98 Å². The van der Waals surface area contributed by atoms with Gasteiger partial charge in [-0.2, -0.15) is 0 Å². The summed E-state index contributed by atoms with van der Waals surface area (Å²) in [4.78, 5) is 4.49. The zero-order chi connectivity index (χ0) is 15.4. The molecule has 118 valence electrons. The Bertz CT molecular complexity index is 627. The van der Waals surface area contributed by atoms with Crippen molar-refractivity contribution >= 4 is 11.3 Å². The van der Waals surface area contributed by atoms with E-state index in [1.54, 1.807) is 11.3 Å². The summed E-state index contributed by atoms with van der Waals surface area (Å²) in [6.07, 6.45) is 1.89. The predicted octanol–water partition coefficient (Wildman–Crippen LogP) is 3.51. The second-order valence-electron chi connectivity index (χ2n) is 5.54. The summed E-state index contributed by atoms with van der Waals surface area (Å²) in [6.45, 7) is 6.58. The Morgan fingerprint density at radius 1 is 1.27 bits per heavy atom. The van der Waals surface area contributed by atoms with Crippen molar-refractivity contribution in [3.63, 3.8) is 0 Å². The molecule has 1 unspecified atom stereocenters. The molecule has 5 heteroatoms. The van der Waals surface area contributed by atoms with Gasteiger partial charge in [0.2, 0.25) is 0 Å². The van der Waals surface area contributed by atoms with Crippen molar-refractivity contribution in [1.29, 1.82) is 0 Å². The van der Waals surface area contributed by atoms with E-state index >= 15 is 0 Å². The van der Waals surface area contributed by atoms with Crippen LogP contribution in [0.25, 0.3) is 0 Å². The molecule has 2 heterocycles. The van der Waals surface area contributed by atoms with Gasteiger partial charge in [0.25, 0.3) is 0 Å². The summed E-state index contributed by atoms with van der Waals surface area (Å²) < 4.78 is 11.4. The SMILES string of the molecule is Cc1nc(CCNC(C)c2ccc3c(c2)OCCCO3)cs1. The topological polar surface area (TPSA) is 43.4 Å². The van der Waals surface area contributed by atoms with Gasteiger partial charge in [-0.1, -0.05) is 6.07 Å². The minimum absolute atomic E-state index is 0.275. The van der Waals surface area contributed by atoms with E-state index in [4.69, 9.17) is 9.47 Å². The molecule has 1 aliphatic rings. The Kier molecular flexibility index (Phi) is 4.95. The molecule has 1 atom stereocenters. The molecule has 0 saturated heterocycles. The van der Waals surface area contributed by atoms with Gasteiger partial charge in [-0.15, -0.1) is 11.3 Å². The molecule has 0 saturated carbocycles. The second-order valence-corrected chi connectivity index (χ2v) is 6.60. The van der Waals surface area contributed by atoms with Gasteiger partial charge < -0.3 is 14.8 Å². The summed E-state index contributed by atoms with van der Waals surface area (Å²) in [7, 11) is 0. The highest BCUT2D eigenvalue weighted by Crippen LogP contribution is 2.32. The second kappa shape index (κ2) is 7.11. The van der Waals surface area contributed by atoms with E-state index in [1.807, 2.05) is 13.0 Å². The molecule has 0 amide bonds. The molecule has 1 N–H and O–H groups in total. The fraction of sp³-hybridized carbons (Fsp3) is 0.471. The van der Waals surface area contributed by atoms with E-state index in [0.29, 0.717) is 0 Å². The fourth-order valence-corrected chi connectivity index (χ4v) is 3.15. The fourth-order valence-electron chi connectivity index (χ4n) is 2.51. The van der Waals surface area contributed by atoms with Crippen LogP contribution in [0.15, 0.2) is 23.6 Å². The smallest absolute Gasteiger partial charge is 0.161 e. The van der Waals surface area contributed by atoms with Gasteiger partial charge in [0.05, 0.1) is 23.9 Å². The zero-order valence-electron chi connectivity index (χ0n) is 13.1. The van der Waals surface area contributed by atoms with Crippen molar-refractivity contribution in [2.45, 2.75) is 32.7 Å². The maximum absolute atomic E-state index is 5.75. The first kappa shape index (κ1) is 15.3. The van der Waals surface area contributed by atoms with Crippen molar-refractivity contribution in [2.24, 2.45) is 0 Å². The van der Waals surface area contributed by atoms with Crippen LogP contribution >= 0.6 is 11.3 Å². The van der Waals surface area contributed by atoms with Gasteiger partial charge in [0, 0.05) is 30.8 Å². The third-order valence-corrected chi connectivity index (χ3v) is 4.59. The number of hydrogen-bond donors (Lipinski definition) is 1. The number of fused-ring (bicyclic) bond motifs is 1. The van der Waals surface area contributed by atoms with Crippen LogP contribution in [0.5, 0.6) is 11.5 Å². The monoisotopic (exact) mass is 318 g/mol. The highest BCUT2D eigenvalue weighted by Gasteiger charge is 2.13. The number of aromatic nitrogens is 1. The molecule has 0 bridgehead atoms. The lowest BCUT2D eigenvalue weighted by Gasteiger charge is -2.16. The van der Waals surface area contributed by atoms with E-state index in [2.05, 4.69) is 34.7 Å². The largest absolute Gasteiger partial charge is 0.490 e. The van der Waals surface area contributed by atoms with Gasteiger partial charge >= 0.3 is 0 Å². The summed E-state index contributed by atoms with van der Waals surface area (Å²) in [5, 5.41) is 6.81. The minimum atomic E-state index is 0.275. The molecule has 1 aliphatic heterocycles. The Hall–Kier alpha value is -1.59. The van der Waals surface area contributed by atoms with E-state index in [9.17, 15) is 0 Å². The molecule has 0 spiro atoms. The number of nitrogens with zero attached hydrogens (tertiary/aromatic N) is 1. The lowest BCUT2D eigenvalue weighted by atomic mass is 10.1. The molecule has 3 rings (SSSR count). The maximum atomic E-state index is 5.75. The van der Waals surface area contributed by atoms with E-state index < -0.39 is 0 Å². The molecule has 22 heavy (non-hydrogen) atoms. The number of hydrogen-bond acceptors (Lipinski definition) is 5. The Labute approximate surface area is 135 Å². The number of rotatable bonds is 5. The predicted molar refractivity (Wildman–Crippen MR) is 89.0 cm³/mol. The maximum Gasteiger partial charge on any atom is 0.161 e. The molecule has 2 aromatic rings. The number of thiazole rings is 1. The number of aryl methyl sites for hydroxylation is 1. The quantitative estimate of drug-likeness (QED) is 0.916. The molecule has 0 fully saturated rings. The Morgan fingerprint density at radius 2 is 2.09 bits per heavy atom. The first-order chi connectivity index (χ1) is 10.7. The van der Waals surface area contributed by atoms with Gasteiger partial charge in [-0.05, 0) is 31.5 Å². The summed E-state index contributed by atoms with van der Waals surface area (Å²) >= 11 is 1.71. The van der Waals surface area contributed by atoms with Crippen molar-refractivity contribution in [3.05, 3.63) is 39.8 Å². The summed E-state index contributed by atoms with van der Waals surface area (Å²) in [5.41, 5.74) is 2.39. The average Bonchev–Trinajstić information content (AvgIpc) is 2.80. The molecule has 1 aromatic carbocycles. The van der Waals surface area contributed by atoms with Gasteiger partial charge in [0.15, 0.2) is 11.5 Å². The lowest BCUT2D eigenvalue weighted by molar-refractivity contribution is 0.297. The first-order valence-corrected chi connectivity index (χ1v) is 8.64. The van der Waals surface area contributed by atoms with Crippen LogP contribution in [0.4, 0.5) is 0 Å². The average molecular weight is 318 g/mol. The standard InChI is InChI=1S/C17H22N2O2S/c1-12(18-7-6-15-11-22-13(2)19-15)14-4-5-16-17(10-14)21-9-3-8-20-16/h4-5,10-12,18H,3,6-9H2,1-2H3. The number of nitrogens with one attached hydrogen (secondary N) is 1. The Morgan fingerprint density at radius 3 is 2.86 bits per heavy atom. The van der Waals surface area contributed by atoms with Crippen molar-refractivity contribution in [1.82, 2.24) is 10.3 Å². The normalized spacial score (nSPS) is 15.4. The number of benzene rings is 1. The summed E-state index contributed by atoms with van der Waals surface area (Å²) in [6, 6.07) is 6.48. The zero-order valence-corrected chi connectivity index (χ0v) is 13.9. The van der Waals surface area contributed by atoms with E-state index in [-0.39, 0.29) is 6.04 Å². The third-order valence-electron chi connectivity index (χ3n) is 3.77. The minimum Gasteiger partial charge on any atom is -0.490 e. The number of ether oxygens (including phenoxy) is 2. The van der Waals surface area contributed by atoms with Gasteiger partial charge in [0.1, 0.15) is 0 Å². The molecule has 0 aliphatic carbocycles.